The highest BCUT2D eigenvalue weighted by Gasteiger charge is 2.32. The van der Waals surface area contributed by atoms with Crippen LogP contribution in [-0.4, -0.2) is 50.5 Å². The van der Waals surface area contributed by atoms with Gasteiger partial charge in [-0.15, -0.1) is 0 Å². The lowest BCUT2D eigenvalue weighted by Gasteiger charge is -2.30. The van der Waals surface area contributed by atoms with E-state index in [9.17, 15) is 13.2 Å². The highest BCUT2D eigenvalue weighted by atomic mass is 32.2. The third-order valence-corrected chi connectivity index (χ3v) is 6.48. The lowest BCUT2D eigenvalue weighted by molar-refractivity contribution is -0.138. The van der Waals surface area contributed by atoms with Crippen molar-refractivity contribution in [2.24, 2.45) is 0 Å². The van der Waals surface area contributed by atoms with Crippen LogP contribution in [0.2, 0.25) is 0 Å². The monoisotopic (exact) mass is 387 g/mol. The molecule has 0 saturated carbocycles. The van der Waals surface area contributed by atoms with E-state index >= 15 is 0 Å². The number of sulfone groups is 1. The number of amides is 1. The largest absolute Gasteiger partial charge is 0.371 e. The second-order valence-electron chi connectivity index (χ2n) is 6.77. The van der Waals surface area contributed by atoms with E-state index in [4.69, 9.17) is 4.74 Å². The summed E-state index contributed by atoms with van der Waals surface area (Å²) in [6, 6.07) is 18.9. The van der Waals surface area contributed by atoms with Gasteiger partial charge in [0.05, 0.1) is 24.2 Å². The molecule has 3 rings (SSSR count). The zero-order chi connectivity index (χ0) is 19.1. The van der Waals surface area contributed by atoms with Gasteiger partial charge in [0.2, 0.25) is 5.91 Å². The molecule has 1 fully saturated rings. The predicted molar refractivity (Wildman–Crippen MR) is 105 cm³/mol. The summed E-state index contributed by atoms with van der Waals surface area (Å²) in [5, 5.41) is 0. The molecule has 0 radical (unpaired) electrons. The van der Waals surface area contributed by atoms with E-state index in [0.29, 0.717) is 19.6 Å². The predicted octanol–water partition coefficient (Wildman–Crippen LogP) is 2.63. The molecular formula is C21H25NO4S. The maximum Gasteiger partial charge on any atom is 0.249 e. The van der Waals surface area contributed by atoms with E-state index in [1.165, 1.54) is 0 Å². The maximum absolute atomic E-state index is 12.8. The molecule has 27 heavy (non-hydrogen) atoms. The van der Waals surface area contributed by atoms with Crippen LogP contribution in [0.4, 0.5) is 0 Å². The molecule has 1 unspecified atom stereocenters. The van der Waals surface area contributed by atoms with Crippen molar-refractivity contribution in [3.05, 3.63) is 71.8 Å². The van der Waals surface area contributed by atoms with Gasteiger partial charge in [0.1, 0.15) is 6.61 Å². The molecule has 1 aliphatic rings. The number of benzene rings is 2. The van der Waals surface area contributed by atoms with E-state index < -0.39 is 15.9 Å². The summed E-state index contributed by atoms with van der Waals surface area (Å²) in [4.78, 5) is 14.4. The van der Waals surface area contributed by atoms with Gasteiger partial charge in [-0.2, -0.15) is 0 Å². The van der Waals surface area contributed by atoms with Gasteiger partial charge in [-0.05, 0) is 24.0 Å². The minimum Gasteiger partial charge on any atom is -0.371 e. The number of carbonyl (C=O) groups excluding carboxylic acids is 1. The summed E-state index contributed by atoms with van der Waals surface area (Å²) in [6.07, 6.45) is 1.20. The molecule has 1 aliphatic heterocycles. The first kappa shape index (κ1) is 19.6. The summed E-state index contributed by atoms with van der Waals surface area (Å²) in [5.74, 6) is -0.0733. The third kappa shape index (κ3) is 5.65. The first-order valence-electron chi connectivity index (χ1n) is 9.22. The number of carbonyl (C=O) groups is 1. The second-order valence-corrected chi connectivity index (χ2v) is 9.00. The molecular weight excluding hydrogens is 362 g/mol. The molecule has 2 aromatic carbocycles. The molecule has 5 nitrogen and oxygen atoms in total. The number of rotatable bonds is 6. The Morgan fingerprint density at radius 2 is 1.70 bits per heavy atom. The zero-order valence-corrected chi connectivity index (χ0v) is 16.1. The van der Waals surface area contributed by atoms with Gasteiger partial charge >= 0.3 is 0 Å². The van der Waals surface area contributed by atoms with E-state index in [2.05, 4.69) is 0 Å². The Morgan fingerprint density at radius 3 is 2.41 bits per heavy atom. The second kappa shape index (κ2) is 9.15. The highest BCUT2D eigenvalue weighted by Crippen LogP contribution is 2.26. The van der Waals surface area contributed by atoms with Gasteiger partial charge in [-0.3, -0.25) is 4.79 Å². The first-order valence-corrected chi connectivity index (χ1v) is 11.0. The number of hydrogen-bond donors (Lipinski definition) is 0. The van der Waals surface area contributed by atoms with Crippen molar-refractivity contribution in [3.8, 4) is 0 Å². The van der Waals surface area contributed by atoms with Crippen molar-refractivity contribution in [2.45, 2.75) is 18.9 Å². The van der Waals surface area contributed by atoms with Gasteiger partial charge in [-0.25, -0.2) is 8.42 Å². The molecule has 144 valence electrons. The molecule has 2 aromatic rings. The van der Waals surface area contributed by atoms with Crippen LogP contribution in [0.15, 0.2) is 60.7 Å². The van der Waals surface area contributed by atoms with Crippen LogP contribution in [0.1, 0.15) is 23.6 Å². The van der Waals surface area contributed by atoms with Crippen molar-refractivity contribution < 1.29 is 17.9 Å². The summed E-state index contributed by atoms with van der Waals surface area (Å²) in [5.41, 5.74) is 2.01. The van der Waals surface area contributed by atoms with Gasteiger partial charge in [0.15, 0.2) is 9.84 Å². The third-order valence-electron chi connectivity index (χ3n) is 4.75. The van der Waals surface area contributed by atoms with Crippen LogP contribution in [0.3, 0.4) is 0 Å². The highest BCUT2D eigenvalue weighted by molar-refractivity contribution is 7.91. The number of nitrogens with zero attached hydrogens (tertiary/aromatic N) is 1. The summed E-state index contributed by atoms with van der Waals surface area (Å²) in [6.45, 7) is 0.855. The Kier molecular flexibility index (Phi) is 6.63. The van der Waals surface area contributed by atoms with Crippen LogP contribution in [0.5, 0.6) is 0 Å². The molecule has 0 N–H and O–H groups in total. The SMILES string of the molecule is O=C(COCCc1ccccc1)N1CCCS(=O)(=O)CC1c1ccccc1. The van der Waals surface area contributed by atoms with Gasteiger partial charge in [0, 0.05) is 6.54 Å². The standard InChI is InChI=1S/C21H25NO4S/c23-21(16-26-14-12-18-8-3-1-4-9-18)22-13-7-15-27(24,25)17-20(22)19-10-5-2-6-11-19/h1-6,8-11,20H,7,12-17H2. The minimum absolute atomic E-state index is 0.0315. The Labute approximate surface area is 160 Å². The topological polar surface area (TPSA) is 63.7 Å². The molecule has 1 heterocycles. The van der Waals surface area contributed by atoms with E-state index in [-0.39, 0.29) is 24.0 Å². The Hall–Kier alpha value is -2.18. The van der Waals surface area contributed by atoms with Crippen LogP contribution in [-0.2, 0) is 25.8 Å². The summed E-state index contributed by atoms with van der Waals surface area (Å²) >= 11 is 0. The molecule has 6 heteroatoms. The quantitative estimate of drug-likeness (QED) is 0.715. The van der Waals surface area contributed by atoms with Gasteiger partial charge < -0.3 is 9.64 Å². The normalized spacial score (nSPS) is 19.4. The Morgan fingerprint density at radius 1 is 1.04 bits per heavy atom. The van der Waals surface area contributed by atoms with Crippen molar-refractivity contribution >= 4 is 15.7 Å². The molecule has 0 spiro atoms. The average molecular weight is 388 g/mol. The van der Waals surface area contributed by atoms with Crippen LogP contribution in [0.25, 0.3) is 0 Å². The smallest absolute Gasteiger partial charge is 0.249 e. The van der Waals surface area contributed by atoms with E-state index in [0.717, 1.165) is 17.5 Å². The first-order chi connectivity index (χ1) is 13.1. The number of ether oxygens (including phenoxy) is 1. The fourth-order valence-corrected chi connectivity index (χ4v) is 4.94. The van der Waals surface area contributed by atoms with Gasteiger partial charge in [0.25, 0.3) is 0 Å². The summed E-state index contributed by atoms with van der Waals surface area (Å²) in [7, 11) is -3.18. The molecule has 1 saturated heterocycles. The van der Waals surface area contributed by atoms with Crippen LogP contribution in [0, 0.1) is 0 Å². The van der Waals surface area contributed by atoms with Crippen molar-refractivity contribution in [2.75, 3.05) is 31.3 Å². The van der Waals surface area contributed by atoms with E-state index in [1.807, 2.05) is 60.7 Å². The van der Waals surface area contributed by atoms with Crippen molar-refractivity contribution in [1.29, 1.82) is 0 Å². The lowest BCUT2D eigenvalue weighted by atomic mass is 10.1. The molecule has 1 atom stereocenters. The maximum atomic E-state index is 12.8. The van der Waals surface area contributed by atoms with Crippen molar-refractivity contribution in [1.82, 2.24) is 4.90 Å². The summed E-state index contributed by atoms with van der Waals surface area (Å²) < 4.78 is 30.1. The van der Waals surface area contributed by atoms with E-state index in [1.54, 1.807) is 4.90 Å². The zero-order valence-electron chi connectivity index (χ0n) is 15.3. The molecule has 1 amide bonds. The fourth-order valence-electron chi connectivity index (χ4n) is 3.35. The minimum atomic E-state index is -3.18. The molecule has 0 bridgehead atoms. The Balaban J connectivity index is 1.63. The van der Waals surface area contributed by atoms with Gasteiger partial charge in [-0.1, -0.05) is 60.7 Å². The van der Waals surface area contributed by atoms with Crippen LogP contribution >= 0.6 is 0 Å². The lowest BCUT2D eigenvalue weighted by Crippen LogP contribution is -2.39. The Bertz CT molecular complexity index is 837. The average Bonchev–Trinajstić information content (AvgIpc) is 2.84. The fraction of sp³-hybridized carbons (Fsp3) is 0.381. The van der Waals surface area contributed by atoms with Crippen LogP contribution < -0.4 is 0 Å². The number of hydrogen-bond acceptors (Lipinski definition) is 4. The molecule has 0 aromatic heterocycles. The molecule has 0 aliphatic carbocycles. The van der Waals surface area contributed by atoms with Crippen molar-refractivity contribution in [3.63, 3.8) is 0 Å².